The molecule has 0 aliphatic heterocycles. The number of carbonyl (C=O) groups excluding carboxylic acids is 1. The minimum atomic E-state index is -0.587. The number of hydrogen-bond acceptors (Lipinski definition) is 7. The van der Waals surface area contributed by atoms with Gasteiger partial charge >= 0.3 is 0 Å². The molecule has 0 aliphatic rings. The van der Waals surface area contributed by atoms with Gasteiger partial charge in [0.1, 0.15) is 6.34 Å². The van der Waals surface area contributed by atoms with Crippen LogP contribution in [-0.2, 0) is 0 Å². The highest BCUT2D eigenvalue weighted by Gasteiger charge is 2.17. The van der Waals surface area contributed by atoms with Crippen molar-refractivity contribution < 1.29 is 4.79 Å². The van der Waals surface area contributed by atoms with Crippen molar-refractivity contribution in [2.45, 2.75) is 0 Å². The summed E-state index contributed by atoms with van der Waals surface area (Å²) in [6.07, 6.45) is 1.01. The van der Waals surface area contributed by atoms with Crippen LogP contribution in [0.25, 0.3) is 0 Å². The quantitative estimate of drug-likeness (QED) is 0.288. The number of hydrogen-bond donors (Lipinski definition) is 3. The fraction of sp³-hybridized carbons (Fsp3) is 0.250. The normalized spacial score (nSPS) is 10.5. The minimum Gasteiger partial charge on any atom is -0.382 e. The van der Waals surface area contributed by atoms with E-state index >= 15 is 0 Å². The summed E-state index contributed by atoms with van der Waals surface area (Å²) in [7, 11) is 3.46. The van der Waals surface area contributed by atoms with E-state index in [2.05, 4.69) is 20.4 Å². The number of halogens is 1. The van der Waals surface area contributed by atoms with Crippen molar-refractivity contribution in [3.05, 3.63) is 10.8 Å². The first-order valence-corrected chi connectivity index (χ1v) is 4.88. The summed E-state index contributed by atoms with van der Waals surface area (Å²) in [5.41, 5.74) is 5.52. The third kappa shape index (κ3) is 2.94. The summed E-state index contributed by atoms with van der Waals surface area (Å²) >= 11 is 5.87. The molecule has 0 aromatic carbocycles. The first-order chi connectivity index (χ1) is 7.97. The topological polar surface area (TPSA) is 123 Å². The summed E-state index contributed by atoms with van der Waals surface area (Å²) in [5, 5.41) is 5.45. The molecule has 1 rings (SSSR count). The molecule has 1 aromatic heterocycles. The second-order valence-electron chi connectivity index (χ2n) is 3.22. The average molecular weight is 258 g/mol. The fourth-order valence-electron chi connectivity index (χ4n) is 1.03. The number of aromatic nitrogens is 2. The molecule has 0 unspecified atom stereocenters. The Bertz CT molecular complexity index is 459. The van der Waals surface area contributed by atoms with E-state index in [0.29, 0.717) is 5.82 Å². The maximum Gasteiger partial charge on any atom is 0.278 e. The van der Waals surface area contributed by atoms with Crippen LogP contribution in [0.5, 0.6) is 0 Å². The molecule has 1 heterocycles. The van der Waals surface area contributed by atoms with E-state index in [0.717, 1.165) is 6.34 Å². The molecule has 1 amide bonds. The summed E-state index contributed by atoms with van der Waals surface area (Å²) < 4.78 is 0. The monoisotopic (exact) mass is 257 g/mol. The largest absolute Gasteiger partial charge is 0.382 e. The molecule has 8 nitrogen and oxygen atoms in total. The van der Waals surface area contributed by atoms with Gasteiger partial charge in [0.05, 0.1) is 0 Å². The third-order valence-electron chi connectivity index (χ3n) is 1.77. The van der Waals surface area contributed by atoms with Crippen molar-refractivity contribution in [2.75, 3.05) is 24.7 Å². The Balaban J connectivity index is 3.11. The van der Waals surface area contributed by atoms with Gasteiger partial charge in [-0.3, -0.25) is 4.79 Å². The molecule has 0 spiro atoms. The van der Waals surface area contributed by atoms with Gasteiger partial charge in [0.25, 0.3) is 5.91 Å². The van der Waals surface area contributed by atoms with Crippen molar-refractivity contribution in [1.82, 2.24) is 15.3 Å². The van der Waals surface area contributed by atoms with E-state index in [1.165, 1.54) is 0 Å². The Morgan fingerprint density at radius 3 is 2.71 bits per heavy atom. The van der Waals surface area contributed by atoms with Gasteiger partial charge in [0, 0.05) is 14.1 Å². The zero-order valence-corrected chi connectivity index (χ0v) is 10.1. The number of anilines is 2. The summed E-state index contributed by atoms with van der Waals surface area (Å²) in [4.78, 5) is 21.0. The first-order valence-electron chi connectivity index (χ1n) is 4.50. The van der Waals surface area contributed by atoms with Crippen molar-refractivity contribution in [1.29, 1.82) is 0 Å². The molecule has 5 N–H and O–H groups in total. The van der Waals surface area contributed by atoms with Gasteiger partial charge in [-0.25, -0.2) is 9.97 Å². The van der Waals surface area contributed by atoms with Crippen LogP contribution in [0, 0.1) is 0 Å². The Labute approximate surface area is 103 Å². The van der Waals surface area contributed by atoms with Crippen LogP contribution in [-0.4, -0.2) is 36.3 Å². The average Bonchev–Trinajstić information content (AvgIpc) is 2.28. The van der Waals surface area contributed by atoms with Crippen molar-refractivity contribution in [3.8, 4) is 0 Å². The van der Waals surface area contributed by atoms with Crippen LogP contribution >= 0.6 is 11.6 Å². The molecule has 0 fully saturated rings. The number of nitrogen functional groups attached to an aromatic ring is 1. The highest BCUT2D eigenvalue weighted by atomic mass is 35.5. The molecule has 0 aliphatic carbocycles. The molecule has 17 heavy (non-hydrogen) atoms. The lowest BCUT2D eigenvalue weighted by atomic mass is 10.4. The van der Waals surface area contributed by atoms with E-state index in [1.54, 1.807) is 19.0 Å². The number of carbonyl (C=O) groups is 1. The fourth-order valence-corrected chi connectivity index (χ4v) is 1.33. The van der Waals surface area contributed by atoms with Gasteiger partial charge in [-0.05, 0) is 0 Å². The lowest BCUT2D eigenvalue weighted by Gasteiger charge is -2.14. The number of hydrazone groups is 1. The van der Waals surface area contributed by atoms with Crippen LogP contribution in [0.2, 0.25) is 5.15 Å². The minimum absolute atomic E-state index is 0.0268. The zero-order valence-electron chi connectivity index (χ0n) is 9.31. The maximum absolute atomic E-state index is 11.5. The second kappa shape index (κ2) is 5.30. The molecular formula is C8H12ClN7O. The standard InChI is InChI=1S/C8H12ClN7O/c1-16(2)7-5(9)14-4(6(10)15-7)8(17)12-3-13-11/h3H,11H2,1-2H3,(H2,10,15)(H,12,13,17). The predicted octanol–water partition coefficient (Wildman–Crippen LogP) is -0.590. The molecular weight excluding hydrogens is 246 g/mol. The maximum atomic E-state index is 11.5. The third-order valence-corrected chi connectivity index (χ3v) is 2.03. The molecule has 0 saturated heterocycles. The number of rotatable bonds is 3. The van der Waals surface area contributed by atoms with E-state index in [1.807, 2.05) is 0 Å². The Morgan fingerprint density at radius 1 is 1.53 bits per heavy atom. The van der Waals surface area contributed by atoms with Crippen molar-refractivity contribution in [3.63, 3.8) is 0 Å². The smallest absolute Gasteiger partial charge is 0.278 e. The molecule has 1 aromatic rings. The SMILES string of the molecule is CN(C)c1nc(N)c(C(=O)N/C=N/N)nc1Cl. The lowest BCUT2D eigenvalue weighted by molar-refractivity contribution is 0.0974. The summed E-state index contributed by atoms with van der Waals surface area (Å²) in [6, 6.07) is 0. The van der Waals surface area contributed by atoms with Gasteiger partial charge in [-0.15, -0.1) is 0 Å². The number of nitrogens with two attached hydrogens (primary N) is 2. The van der Waals surface area contributed by atoms with Crippen LogP contribution in [0.4, 0.5) is 11.6 Å². The first kappa shape index (κ1) is 13.0. The van der Waals surface area contributed by atoms with Gasteiger partial charge in [-0.2, -0.15) is 5.10 Å². The molecule has 0 bridgehead atoms. The van der Waals surface area contributed by atoms with Crippen molar-refractivity contribution in [2.24, 2.45) is 10.9 Å². The van der Waals surface area contributed by atoms with Crippen LogP contribution < -0.4 is 21.8 Å². The molecule has 92 valence electrons. The van der Waals surface area contributed by atoms with Gasteiger partial charge in [-0.1, -0.05) is 11.6 Å². The molecule has 0 saturated carbocycles. The highest BCUT2D eigenvalue weighted by Crippen LogP contribution is 2.22. The summed E-state index contributed by atoms with van der Waals surface area (Å²) in [5.74, 6) is 4.61. The van der Waals surface area contributed by atoms with E-state index < -0.39 is 5.91 Å². The molecule has 9 heteroatoms. The predicted molar refractivity (Wildman–Crippen MR) is 65.9 cm³/mol. The number of nitrogens with zero attached hydrogens (tertiary/aromatic N) is 4. The summed E-state index contributed by atoms with van der Waals surface area (Å²) in [6.45, 7) is 0. The van der Waals surface area contributed by atoms with E-state index in [4.69, 9.17) is 23.2 Å². The van der Waals surface area contributed by atoms with Gasteiger partial charge < -0.3 is 21.8 Å². The molecule has 0 radical (unpaired) electrons. The van der Waals surface area contributed by atoms with Gasteiger partial charge in [0.15, 0.2) is 22.5 Å². The Morgan fingerprint density at radius 2 is 2.18 bits per heavy atom. The van der Waals surface area contributed by atoms with E-state index in [9.17, 15) is 4.79 Å². The van der Waals surface area contributed by atoms with Crippen LogP contribution in [0.3, 0.4) is 0 Å². The zero-order chi connectivity index (χ0) is 13.0. The van der Waals surface area contributed by atoms with Gasteiger partial charge in [0.2, 0.25) is 0 Å². The van der Waals surface area contributed by atoms with Crippen molar-refractivity contribution >= 4 is 35.5 Å². The van der Waals surface area contributed by atoms with Crippen LogP contribution in [0.1, 0.15) is 10.5 Å². The molecule has 0 atom stereocenters. The van der Waals surface area contributed by atoms with Crippen LogP contribution in [0.15, 0.2) is 5.10 Å². The second-order valence-corrected chi connectivity index (χ2v) is 3.58. The lowest BCUT2D eigenvalue weighted by Crippen LogP contribution is -2.26. The number of nitrogens with one attached hydrogen (secondary N) is 1. The Kier molecular flexibility index (Phi) is 4.05. The number of amides is 1. The highest BCUT2D eigenvalue weighted by molar-refractivity contribution is 6.32. The Hall–Kier alpha value is -2.09. The van der Waals surface area contributed by atoms with E-state index in [-0.39, 0.29) is 16.7 Å².